The van der Waals surface area contributed by atoms with E-state index in [2.05, 4.69) is 72.8 Å². The highest BCUT2D eigenvalue weighted by Gasteiger charge is 2.52. The molecule has 0 saturated carbocycles. The Labute approximate surface area is 184 Å². The van der Waals surface area contributed by atoms with E-state index in [9.17, 15) is 9.59 Å². The van der Waals surface area contributed by atoms with Crippen molar-refractivity contribution in [2.24, 2.45) is 0 Å². The molecule has 0 bridgehead atoms. The van der Waals surface area contributed by atoms with E-state index in [-0.39, 0.29) is 17.3 Å². The fourth-order valence-electron chi connectivity index (χ4n) is 4.70. The summed E-state index contributed by atoms with van der Waals surface area (Å²) in [5.74, 6) is -0.134. The molecule has 1 saturated heterocycles. The zero-order valence-corrected chi connectivity index (χ0v) is 18.7. The van der Waals surface area contributed by atoms with Crippen molar-refractivity contribution in [3.8, 4) is 0 Å². The molecule has 1 fully saturated rings. The van der Waals surface area contributed by atoms with Gasteiger partial charge < -0.3 is 9.53 Å². The van der Waals surface area contributed by atoms with Gasteiger partial charge in [-0.05, 0) is 28.9 Å². The lowest BCUT2D eigenvalue weighted by atomic mass is 10.1. The summed E-state index contributed by atoms with van der Waals surface area (Å²) in [5, 5.41) is 3.73. The Morgan fingerprint density at radius 3 is 1.74 bits per heavy atom. The fraction of sp³-hybridized carbons (Fsp3) is 0.185. The average molecular weight is 427 g/mol. The number of carbonyl (C=O) groups excluding carboxylic acids is 2. The van der Waals surface area contributed by atoms with Gasteiger partial charge in [0, 0.05) is 17.5 Å². The third-order valence-electron chi connectivity index (χ3n) is 6.06. The maximum atomic E-state index is 12.8. The molecule has 4 rings (SSSR count). The molecule has 0 amide bonds. The van der Waals surface area contributed by atoms with Crippen LogP contribution in [0.25, 0.3) is 0 Å². The second kappa shape index (κ2) is 9.27. The van der Waals surface area contributed by atoms with Gasteiger partial charge in [-0.1, -0.05) is 97.1 Å². The molecule has 0 spiro atoms. The number of benzene rings is 3. The molecule has 3 nitrogen and oxygen atoms in total. The van der Waals surface area contributed by atoms with Gasteiger partial charge in [0.05, 0.1) is 6.61 Å². The van der Waals surface area contributed by atoms with Crippen molar-refractivity contribution >= 4 is 35.4 Å². The predicted molar refractivity (Wildman–Crippen MR) is 127 cm³/mol. The van der Waals surface area contributed by atoms with E-state index in [0.29, 0.717) is 25.0 Å². The predicted octanol–water partition coefficient (Wildman–Crippen LogP) is 3.38. The fourth-order valence-corrected chi connectivity index (χ4v) is 10.1. The SMILES string of the molecule is CC(=O)CC/C=C1\C(=O)OC[C@@H]1[Si](c1ccccc1)(c1ccccc1)c1ccccc1. The summed E-state index contributed by atoms with van der Waals surface area (Å²) < 4.78 is 5.65. The number of cyclic esters (lactones) is 1. The van der Waals surface area contributed by atoms with Crippen LogP contribution in [0.2, 0.25) is 5.54 Å². The molecule has 31 heavy (non-hydrogen) atoms. The van der Waals surface area contributed by atoms with E-state index in [4.69, 9.17) is 4.74 Å². The van der Waals surface area contributed by atoms with Gasteiger partial charge in [-0.15, -0.1) is 0 Å². The van der Waals surface area contributed by atoms with Gasteiger partial charge in [0.25, 0.3) is 0 Å². The summed E-state index contributed by atoms with van der Waals surface area (Å²) in [7, 11) is -2.67. The first kappa shape index (κ1) is 21.0. The Morgan fingerprint density at radius 2 is 1.32 bits per heavy atom. The van der Waals surface area contributed by atoms with E-state index in [0.717, 1.165) is 0 Å². The first-order valence-electron chi connectivity index (χ1n) is 10.7. The van der Waals surface area contributed by atoms with Gasteiger partial charge in [0.15, 0.2) is 8.07 Å². The molecular weight excluding hydrogens is 400 g/mol. The molecule has 0 aliphatic carbocycles. The lowest BCUT2D eigenvalue weighted by Crippen LogP contribution is -2.70. The van der Waals surface area contributed by atoms with Crippen molar-refractivity contribution in [2.45, 2.75) is 25.3 Å². The number of hydrogen-bond donors (Lipinski definition) is 0. The summed E-state index contributed by atoms with van der Waals surface area (Å²) >= 11 is 0. The molecule has 1 aliphatic heterocycles. The highest BCUT2D eigenvalue weighted by atomic mass is 28.3. The van der Waals surface area contributed by atoms with Crippen LogP contribution in [0.15, 0.2) is 103 Å². The van der Waals surface area contributed by atoms with Crippen LogP contribution >= 0.6 is 0 Å². The largest absolute Gasteiger partial charge is 0.462 e. The lowest BCUT2D eigenvalue weighted by Gasteiger charge is -2.38. The summed E-state index contributed by atoms with van der Waals surface area (Å²) in [6.07, 6.45) is 2.93. The maximum Gasteiger partial charge on any atom is 0.333 e. The van der Waals surface area contributed by atoms with Crippen LogP contribution in [-0.2, 0) is 14.3 Å². The minimum Gasteiger partial charge on any atom is -0.462 e. The van der Waals surface area contributed by atoms with Crippen LogP contribution < -0.4 is 15.6 Å². The monoisotopic (exact) mass is 426 g/mol. The molecular formula is C27H26O3Si. The molecule has 1 heterocycles. The number of esters is 1. The van der Waals surface area contributed by atoms with E-state index < -0.39 is 8.07 Å². The molecule has 1 aliphatic rings. The standard InChI is InChI=1S/C27H26O3Si/c1-21(28)12-11-19-25-26(20-30-27(25)29)31(22-13-5-2-6-14-22,23-15-7-3-8-16-23)24-17-9-4-10-18-24/h2-10,13-19,26H,11-12,20H2,1H3/b25-19-/t26-/m0/s1. The zero-order valence-electron chi connectivity index (χ0n) is 17.7. The van der Waals surface area contributed by atoms with Crippen molar-refractivity contribution in [3.63, 3.8) is 0 Å². The van der Waals surface area contributed by atoms with Gasteiger partial charge in [-0.25, -0.2) is 4.79 Å². The minimum atomic E-state index is -2.67. The average Bonchev–Trinajstić information content (AvgIpc) is 3.17. The van der Waals surface area contributed by atoms with Crippen LogP contribution in [-0.4, -0.2) is 26.4 Å². The number of rotatable bonds is 7. The number of Topliss-reactive ketones (excluding diaryl/α,β-unsaturated/α-hetero) is 1. The summed E-state index contributed by atoms with van der Waals surface area (Å²) in [5.41, 5.74) is 0.642. The minimum absolute atomic E-state index is 0.0702. The molecule has 4 heteroatoms. The van der Waals surface area contributed by atoms with Crippen LogP contribution in [0.5, 0.6) is 0 Å². The molecule has 3 aromatic rings. The molecule has 0 radical (unpaired) electrons. The van der Waals surface area contributed by atoms with Crippen molar-refractivity contribution in [2.75, 3.05) is 6.61 Å². The molecule has 0 N–H and O–H groups in total. The summed E-state index contributed by atoms with van der Waals surface area (Å²) in [4.78, 5) is 24.4. The third kappa shape index (κ3) is 4.03. The normalized spacial score (nSPS) is 17.5. The Morgan fingerprint density at radius 1 is 0.871 bits per heavy atom. The third-order valence-corrected chi connectivity index (χ3v) is 11.3. The molecule has 156 valence electrons. The lowest BCUT2D eigenvalue weighted by molar-refractivity contribution is -0.135. The Hall–Kier alpha value is -3.24. The van der Waals surface area contributed by atoms with Gasteiger partial charge in [-0.2, -0.15) is 0 Å². The van der Waals surface area contributed by atoms with E-state index in [1.165, 1.54) is 15.6 Å². The van der Waals surface area contributed by atoms with Crippen LogP contribution in [0, 0.1) is 0 Å². The Bertz CT molecular complexity index is 979. The number of hydrogen-bond acceptors (Lipinski definition) is 3. The van der Waals surface area contributed by atoms with Crippen LogP contribution in [0.4, 0.5) is 0 Å². The Balaban J connectivity index is 1.98. The topological polar surface area (TPSA) is 43.4 Å². The van der Waals surface area contributed by atoms with E-state index in [1.807, 2.05) is 24.3 Å². The van der Waals surface area contributed by atoms with Gasteiger partial charge >= 0.3 is 5.97 Å². The second-order valence-corrected chi connectivity index (χ2v) is 12.0. The summed E-state index contributed by atoms with van der Waals surface area (Å²) in [6, 6.07) is 31.6. The zero-order chi connectivity index (χ0) is 21.7. The van der Waals surface area contributed by atoms with Crippen molar-refractivity contribution in [1.29, 1.82) is 0 Å². The summed E-state index contributed by atoms with van der Waals surface area (Å²) in [6.45, 7) is 1.94. The van der Waals surface area contributed by atoms with Gasteiger partial charge in [0.1, 0.15) is 5.78 Å². The van der Waals surface area contributed by atoms with Crippen molar-refractivity contribution in [1.82, 2.24) is 0 Å². The van der Waals surface area contributed by atoms with Gasteiger partial charge in [-0.3, -0.25) is 0 Å². The first-order valence-corrected chi connectivity index (χ1v) is 12.7. The molecule has 0 aromatic heterocycles. The number of ketones is 1. The molecule has 0 unspecified atom stereocenters. The smallest absolute Gasteiger partial charge is 0.333 e. The van der Waals surface area contributed by atoms with Gasteiger partial charge in [0.2, 0.25) is 0 Å². The number of allylic oxidation sites excluding steroid dienone is 1. The quantitative estimate of drug-likeness (QED) is 0.252. The molecule has 1 atom stereocenters. The molecule has 3 aromatic carbocycles. The van der Waals surface area contributed by atoms with E-state index in [1.54, 1.807) is 6.92 Å². The van der Waals surface area contributed by atoms with Crippen molar-refractivity contribution < 1.29 is 14.3 Å². The van der Waals surface area contributed by atoms with E-state index >= 15 is 0 Å². The highest BCUT2D eigenvalue weighted by molar-refractivity contribution is 7.13. The van der Waals surface area contributed by atoms with Crippen LogP contribution in [0.3, 0.4) is 0 Å². The van der Waals surface area contributed by atoms with Crippen molar-refractivity contribution in [3.05, 3.63) is 103 Å². The maximum absolute atomic E-state index is 12.8. The number of ether oxygens (including phenoxy) is 1. The number of carbonyl (C=O) groups is 2. The second-order valence-electron chi connectivity index (χ2n) is 7.96. The Kier molecular flexibility index (Phi) is 6.28. The van der Waals surface area contributed by atoms with Crippen LogP contribution in [0.1, 0.15) is 19.8 Å². The first-order chi connectivity index (χ1) is 15.1. The highest BCUT2D eigenvalue weighted by Crippen LogP contribution is 2.36.